The standard InChI is InChI=1S/C19H15ClF3NO7.C14H15N5O6S.C11H8ClNO3/c1-3-29-17(25)10(2)30-18(26)13-9-12(5-6-15(13)24(27)28)31-16-7-4-11(8-14(16)20)19(21,22)23;1-8-15-12(17-13(16-8)25-3)19(2)14(22)18-26(23,24)10-7-5-4-6-9(10)11(20)21;12-8-3-4-9(16-6-10(14)15)11-7(8)2-1-5-13-11/h4-10H,3H2,1-2H3;4-7H,1-3H3,(H,18,22)(H,20,21);1-5H,6H2,(H,14,15). The number of nitro groups is 1. The van der Waals surface area contributed by atoms with E-state index in [4.69, 9.17) is 57.1 Å². The molecule has 29 heteroatoms. The van der Waals surface area contributed by atoms with E-state index in [9.17, 15) is 55.7 Å². The summed E-state index contributed by atoms with van der Waals surface area (Å²) in [6, 6.07) is 16.0. The molecule has 0 aliphatic rings. The molecule has 3 N–H and O–H groups in total. The average Bonchev–Trinajstić information content (AvgIpc) is 3.33. The molecule has 73 heavy (non-hydrogen) atoms. The maximum absolute atomic E-state index is 12.8. The Morgan fingerprint density at radius 2 is 1.59 bits per heavy atom. The van der Waals surface area contributed by atoms with Gasteiger partial charge in [0.05, 0.1) is 39.8 Å². The highest BCUT2D eigenvalue weighted by Crippen LogP contribution is 2.37. The third-order valence-electron chi connectivity index (χ3n) is 8.94. The van der Waals surface area contributed by atoms with E-state index in [-0.39, 0.29) is 40.9 Å². The molecule has 2 aromatic heterocycles. The van der Waals surface area contributed by atoms with Crippen molar-refractivity contribution in [2.75, 3.05) is 32.3 Å². The van der Waals surface area contributed by atoms with Gasteiger partial charge in [0.2, 0.25) is 5.95 Å². The van der Waals surface area contributed by atoms with Crippen molar-refractivity contribution in [3.8, 4) is 23.3 Å². The van der Waals surface area contributed by atoms with Gasteiger partial charge in [0, 0.05) is 30.8 Å². The number of fused-ring (bicyclic) bond motifs is 1. The lowest BCUT2D eigenvalue weighted by Gasteiger charge is -2.17. The molecular formula is C44H38Cl2F3N7O16S. The smallest absolute Gasteiger partial charge is 0.416 e. The number of anilines is 1. The Morgan fingerprint density at radius 1 is 0.904 bits per heavy atom. The number of nitrogens with one attached hydrogen (secondary N) is 1. The molecule has 23 nitrogen and oxygen atoms in total. The van der Waals surface area contributed by atoms with Gasteiger partial charge < -0.3 is 33.9 Å². The Hall–Kier alpha value is -8.43. The van der Waals surface area contributed by atoms with E-state index >= 15 is 0 Å². The topological polar surface area (TPSA) is 316 Å². The number of alkyl halides is 3. The van der Waals surface area contributed by atoms with Crippen LogP contribution < -0.4 is 23.8 Å². The largest absolute Gasteiger partial charge is 0.480 e. The number of carbonyl (C=O) groups excluding carboxylic acids is 3. The van der Waals surface area contributed by atoms with Crippen molar-refractivity contribution in [3.05, 3.63) is 134 Å². The minimum Gasteiger partial charge on any atom is -0.480 e. The highest BCUT2D eigenvalue weighted by atomic mass is 35.5. The molecule has 0 bridgehead atoms. The number of aromatic carboxylic acids is 1. The normalized spacial score (nSPS) is 11.3. The van der Waals surface area contributed by atoms with Gasteiger partial charge in [-0.15, -0.1) is 0 Å². The third-order valence-corrected chi connectivity index (χ3v) is 10.9. The first-order valence-electron chi connectivity index (χ1n) is 20.3. The number of carboxylic acids is 2. The summed E-state index contributed by atoms with van der Waals surface area (Å²) in [6.45, 7) is 3.96. The number of methoxy groups -OCH3 is 1. The molecule has 0 saturated heterocycles. The Kier molecular flexibility index (Phi) is 19.7. The van der Waals surface area contributed by atoms with Gasteiger partial charge in [-0.3, -0.25) is 20.0 Å². The zero-order valence-corrected chi connectivity index (χ0v) is 40.6. The second-order valence-corrected chi connectivity index (χ2v) is 16.5. The highest BCUT2D eigenvalue weighted by molar-refractivity contribution is 7.90. The maximum atomic E-state index is 12.8. The van der Waals surface area contributed by atoms with Crippen LogP contribution in [0.5, 0.6) is 23.3 Å². The van der Waals surface area contributed by atoms with Gasteiger partial charge >= 0.3 is 42.1 Å². The monoisotopic (exact) mass is 1080 g/mol. The first-order chi connectivity index (χ1) is 34.3. The van der Waals surface area contributed by atoms with Gasteiger partial charge in [0.15, 0.2) is 12.7 Å². The number of halogens is 5. The molecular weight excluding hydrogens is 1040 g/mol. The molecule has 2 amide bonds. The van der Waals surface area contributed by atoms with Crippen LogP contribution in [-0.2, 0) is 35.3 Å². The predicted molar refractivity (Wildman–Crippen MR) is 250 cm³/mol. The van der Waals surface area contributed by atoms with Crippen molar-refractivity contribution >= 4 is 85.7 Å². The Bertz CT molecular complexity index is 3170. The van der Waals surface area contributed by atoms with Crippen LogP contribution in [0.15, 0.2) is 96.0 Å². The second-order valence-electron chi connectivity index (χ2n) is 14.0. The molecule has 6 aromatic rings. The van der Waals surface area contributed by atoms with Gasteiger partial charge in [0.25, 0.3) is 15.7 Å². The highest BCUT2D eigenvalue weighted by Gasteiger charge is 2.32. The predicted octanol–water partition coefficient (Wildman–Crippen LogP) is 7.94. The molecule has 0 spiro atoms. The molecule has 4 aromatic carbocycles. The number of aryl methyl sites for hydroxylation is 1. The van der Waals surface area contributed by atoms with Gasteiger partial charge in [0.1, 0.15) is 39.0 Å². The van der Waals surface area contributed by atoms with Crippen molar-refractivity contribution in [3.63, 3.8) is 0 Å². The summed E-state index contributed by atoms with van der Waals surface area (Å²) in [5.74, 6) is -4.30. The van der Waals surface area contributed by atoms with E-state index in [0.29, 0.717) is 22.4 Å². The fourth-order valence-electron chi connectivity index (χ4n) is 5.58. The lowest BCUT2D eigenvalue weighted by molar-refractivity contribution is -0.385. The summed E-state index contributed by atoms with van der Waals surface area (Å²) in [5, 5.41) is 29.8. The SMILES string of the molecule is CCOC(=O)C(C)OC(=O)c1cc(Oc2ccc(C(F)(F)F)cc2Cl)ccc1[N+](=O)[O-].COc1nc(C)nc(N(C)C(=O)NS(=O)(=O)c2ccccc2C(=O)O)n1.O=C(O)COc1ccc(Cl)c2cccnc12. The molecule has 1 atom stereocenters. The number of benzene rings is 4. The fraction of sp³-hybridized carbons (Fsp3) is 0.205. The summed E-state index contributed by atoms with van der Waals surface area (Å²) in [5.41, 5.74) is -2.07. The summed E-state index contributed by atoms with van der Waals surface area (Å²) >= 11 is 11.8. The second kappa shape index (κ2) is 25.1. The molecule has 0 saturated carbocycles. The van der Waals surface area contributed by atoms with Crippen molar-refractivity contribution in [2.24, 2.45) is 0 Å². The Morgan fingerprint density at radius 3 is 2.21 bits per heavy atom. The van der Waals surface area contributed by atoms with Crippen LogP contribution in [-0.4, -0.2) is 107 Å². The number of amides is 2. The number of ether oxygens (including phenoxy) is 5. The number of carboxylic acid groups (broad SMARTS) is 2. The van der Waals surface area contributed by atoms with E-state index < -0.39 is 91.0 Å². The molecule has 2 heterocycles. The first kappa shape index (κ1) is 57.2. The number of sulfonamides is 1. The quantitative estimate of drug-likeness (QED) is 0.0499. The van der Waals surface area contributed by atoms with Crippen LogP contribution in [0.3, 0.4) is 0 Å². The minimum absolute atomic E-state index is 0.0398. The van der Waals surface area contributed by atoms with Gasteiger partial charge in [-0.1, -0.05) is 35.3 Å². The molecule has 0 radical (unpaired) electrons. The van der Waals surface area contributed by atoms with Crippen molar-refractivity contribution < 1.29 is 84.4 Å². The van der Waals surface area contributed by atoms with E-state index in [2.05, 4.69) is 19.9 Å². The van der Waals surface area contributed by atoms with E-state index in [1.165, 1.54) is 33.2 Å². The first-order valence-corrected chi connectivity index (χ1v) is 22.5. The van der Waals surface area contributed by atoms with Crippen LogP contribution in [0, 0.1) is 17.0 Å². The number of urea groups is 1. The van der Waals surface area contributed by atoms with E-state index in [1.807, 2.05) is 0 Å². The van der Waals surface area contributed by atoms with Crippen LogP contribution in [0.25, 0.3) is 10.9 Å². The number of hydrogen-bond acceptors (Lipinski definition) is 18. The average molecular weight is 1080 g/mol. The van der Waals surface area contributed by atoms with Gasteiger partial charge in [-0.25, -0.2) is 37.1 Å². The van der Waals surface area contributed by atoms with Crippen LogP contribution >= 0.6 is 23.2 Å². The third kappa shape index (κ3) is 15.8. The Labute approximate surface area is 420 Å². The summed E-state index contributed by atoms with van der Waals surface area (Å²) in [7, 11) is -1.87. The summed E-state index contributed by atoms with van der Waals surface area (Å²) in [6.07, 6.45) is -4.34. The molecule has 0 aliphatic carbocycles. The zero-order chi connectivity index (χ0) is 54.4. The molecule has 386 valence electrons. The number of nitrogens with zero attached hydrogens (tertiary/aromatic N) is 6. The molecule has 0 aliphatic heterocycles. The number of esters is 2. The maximum Gasteiger partial charge on any atom is 0.416 e. The number of hydrogen-bond donors (Lipinski definition) is 3. The van der Waals surface area contributed by atoms with Gasteiger partial charge in [-0.2, -0.15) is 28.1 Å². The fourth-order valence-corrected chi connectivity index (χ4v) is 7.19. The summed E-state index contributed by atoms with van der Waals surface area (Å²) < 4.78 is 89.8. The van der Waals surface area contributed by atoms with Crippen LogP contribution in [0.1, 0.15) is 46.0 Å². The Balaban J connectivity index is 0.000000248. The summed E-state index contributed by atoms with van der Waals surface area (Å²) in [4.78, 5) is 84.3. The van der Waals surface area contributed by atoms with E-state index in [1.54, 1.807) is 49.0 Å². The van der Waals surface area contributed by atoms with Gasteiger partial charge in [-0.05, 0) is 81.4 Å². The lowest BCUT2D eigenvalue weighted by atomic mass is 10.1. The number of nitro benzene ring substituents is 1. The zero-order valence-electron chi connectivity index (χ0n) is 38.2. The number of aromatic nitrogens is 4. The number of pyridine rings is 1. The molecule has 6 rings (SSSR count). The number of aliphatic carboxylic acids is 1. The van der Waals surface area contributed by atoms with Crippen LogP contribution in [0.4, 0.5) is 29.6 Å². The molecule has 1 unspecified atom stereocenters. The number of carbonyl (C=O) groups is 5. The van der Waals surface area contributed by atoms with Crippen molar-refractivity contribution in [1.29, 1.82) is 0 Å². The number of rotatable bonds is 15. The molecule has 0 fully saturated rings. The van der Waals surface area contributed by atoms with Crippen LogP contribution in [0.2, 0.25) is 10.0 Å². The van der Waals surface area contributed by atoms with Crippen molar-refractivity contribution in [2.45, 2.75) is 37.9 Å². The lowest BCUT2D eigenvalue weighted by Crippen LogP contribution is -2.42. The van der Waals surface area contributed by atoms with E-state index in [0.717, 1.165) is 52.8 Å². The minimum atomic E-state index is -4.61. The van der Waals surface area contributed by atoms with Crippen molar-refractivity contribution in [1.82, 2.24) is 24.7 Å².